The molecule has 0 amide bonds. The van der Waals surface area contributed by atoms with Crippen LogP contribution in [0.2, 0.25) is 10.0 Å². The van der Waals surface area contributed by atoms with Crippen molar-refractivity contribution in [2.24, 2.45) is 0 Å². The van der Waals surface area contributed by atoms with Gasteiger partial charge in [-0.1, -0.05) is 35.3 Å². The van der Waals surface area contributed by atoms with Crippen LogP contribution >= 0.6 is 34.5 Å². The zero-order chi connectivity index (χ0) is 17.8. The number of rotatable bonds is 4. The van der Waals surface area contributed by atoms with Crippen molar-refractivity contribution in [2.75, 3.05) is 5.32 Å². The van der Waals surface area contributed by atoms with E-state index in [1.165, 1.54) is 35.7 Å². The van der Waals surface area contributed by atoms with Gasteiger partial charge in [0.15, 0.2) is 0 Å². The van der Waals surface area contributed by atoms with E-state index in [-0.39, 0.29) is 5.02 Å². The van der Waals surface area contributed by atoms with Gasteiger partial charge in [-0.3, -0.25) is 0 Å². The summed E-state index contributed by atoms with van der Waals surface area (Å²) in [6.07, 6.45) is 1.52. The standard InChI is InChI=1S/C18H10Cl2FN3S/c19-13-3-1-11(2-4-13)17-10-25-18(24-17)12(8-22)9-23-14-5-6-16(21)15(20)7-14/h1-7,9-10,23H/b12-9-. The number of benzene rings is 2. The maximum atomic E-state index is 13.2. The Bertz CT molecular complexity index is 975. The smallest absolute Gasteiger partial charge is 0.141 e. The Morgan fingerprint density at radius 2 is 1.96 bits per heavy atom. The van der Waals surface area contributed by atoms with Crippen LogP contribution in [0.1, 0.15) is 5.01 Å². The molecule has 124 valence electrons. The Morgan fingerprint density at radius 1 is 1.20 bits per heavy atom. The molecule has 0 spiro atoms. The summed E-state index contributed by atoms with van der Waals surface area (Å²) >= 11 is 13.0. The normalized spacial score (nSPS) is 11.2. The molecule has 1 heterocycles. The molecule has 3 aromatic rings. The lowest BCUT2D eigenvalue weighted by Gasteiger charge is -2.02. The first-order valence-electron chi connectivity index (χ1n) is 7.10. The number of thiazole rings is 1. The third kappa shape index (κ3) is 4.18. The Kier molecular flexibility index (Phi) is 5.34. The SMILES string of the molecule is N#C/C(=C/Nc1ccc(F)c(Cl)c1)c1nc(-c2ccc(Cl)cc2)cs1. The highest BCUT2D eigenvalue weighted by Crippen LogP contribution is 2.27. The first-order valence-corrected chi connectivity index (χ1v) is 8.74. The van der Waals surface area contributed by atoms with Crippen LogP contribution in [0.3, 0.4) is 0 Å². The Morgan fingerprint density at radius 3 is 2.64 bits per heavy atom. The molecule has 0 aliphatic rings. The van der Waals surface area contributed by atoms with Crippen molar-refractivity contribution in [1.82, 2.24) is 4.98 Å². The number of nitrogens with one attached hydrogen (secondary N) is 1. The van der Waals surface area contributed by atoms with E-state index >= 15 is 0 Å². The molecule has 0 atom stereocenters. The van der Waals surface area contributed by atoms with Gasteiger partial charge in [-0.05, 0) is 30.3 Å². The van der Waals surface area contributed by atoms with E-state index < -0.39 is 5.82 Å². The van der Waals surface area contributed by atoms with E-state index in [1.54, 1.807) is 12.1 Å². The van der Waals surface area contributed by atoms with E-state index in [4.69, 9.17) is 23.2 Å². The fourth-order valence-corrected chi connectivity index (χ4v) is 3.14. The quantitative estimate of drug-likeness (QED) is 0.537. The van der Waals surface area contributed by atoms with E-state index in [9.17, 15) is 9.65 Å². The van der Waals surface area contributed by atoms with Gasteiger partial charge in [0.05, 0.1) is 10.7 Å². The summed E-state index contributed by atoms with van der Waals surface area (Å²) in [4.78, 5) is 4.48. The molecule has 25 heavy (non-hydrogen) atoms. The molecule has 0 fully saturated rings. The summed E-state index contributed by atoms with van der Waals surface area (Å²) < 4.78 is 13.2. The van der Waals surface area contributed by atoms with Crippen LogP contribution in [0, 0.1) is 17.1 Å². The zero-order valence-electron chi connectivity index (χ0n) is 12.6. The first-order chi connectivity index (χ1) is 12.1. The van der Waals surface area contributed by atoms with Gasteiger partial charge in [0.1, 0.15) is 22.5 Å². The largest absolute Gasteiger partial charge is 0.360 e. The van der Waals surface area contributed by atoms with Gasteiger partial charge < -0.3 is 5.32 Å². The second-order valence-corrected chi connectivity index (χ2v) is 6.69. The Balaban J connectivity index is 1.82. The van der Waals surface area contributed by atoms with Crippen LogP contribution in [0.5, 0.6) is 0 Å². The molecular weight excluding hydrogens is 380 g/mol. The molecular formula is C18H10Cl2FN3S. The van der Waals surface area contributed by atoms with Crippen LogP contribution in [0.15, 0.2) is 54.0 Å². The van der Waals surface area contributed by atoms with Gasteiger partial charge in [0.2, 0.25) is 0 Å². The number of hydrogen-bond donors (Lipinski definition) is 1. The van der Waals surface area contributed by atoms with Crippen LogP contribution in [0.4, 0.5) is 10.1 Å². The van der Waals surface area contributed by atoms with Crippen molar-refractivity contribution >= 4 is 45.8 Å². The summed E-state index contributed by atoms with van der Waals surface area (Å²) in [5.41, 5.74) is 2.63. The zero-order valence-corrected chi connectivity index (χ0v) is 15.0. The monoisotopic (exact) mass is 389 g/mol. The van der Waals surface area contributed by atoms with Gasteiger partial charge in [-0.2, -0.15) is 5.26 Å². The first kappa shape index (κ1) is 17.4. The molecule has 0 bridgehead atoms. The maximum absolute atomic E-state index is 13.2. The number of halogens is 3. The van der Waals surface area contributed by atoms with Crippen molar-refractivity contribution in [3.8, 4) is 17.3 Å². The topological polar surface area (TPSA) is 48.7 Å². The lowest BCUT2D eigenvalue weighted by Crippen LogP contribution is -1.92. The third-order valence-corrected chi connectivity index (χ3v) is 4.71. The summed E-state index contributed by atoms with van der Waals surface area (Å²) in [6.45, 7) is 0. The van der Waals surface area contributed by atoms with Crippen LogP contribution in [-0.4, -0.2) is 4.98 Å². The number of aromatic nitrogens is 1. The lowest BCUT2D eigenvalue weighted by atomic mass is 10.2. The molecule has 3 nitrogen and oxygen atoms in total. The second-order valence-electron chi connectivity index (χ2n) is 4.99. The molecule has 0 radical (unpaired) electrons. The summed E-state index contributed by atoms with van der Waals surface area (Å²) in [6, 6.07) is 13.7. The highest BCUT2D eigenvalue weighted by atomic mass is 35.5. The fraction of sp³-hybridized carbons (Fsp3) is 0. The van der Waals surface area contributed by atoms with E-state index in [0.29, 0.717) is 21.3 Å². The number of allylic oxidation sites excluding steroid dienone is 1. The van der Waals surface area contributed by atoms with Crippen LogP contribution in [-0.2, 0) is 0 Å². The molecule has 0 saturated carbocycles. The highest BCUT2D eigenvalue weighted by molar-refractivity contribution is 7.11. The predicted molar refractivity (Wildman–Crippen MR) is 101 cm³/mol. The number of anilines is 1. The molecule has 0 aliphatic heterocycles. The minimum absolute atomic E-state index is 0.0104. The molecule has 2 aromatic carbocycles. The van der Waals surface area contributed by atoms with Crippen LogP contribution in [0.25, 0.3) is 16.8 Å². The van der Waals surface area contributed by atoms with Gasteiger partial charge >= 0.3 is 0 Å². The molecule has 0 saturated heterocycles. The van der Waals surface area contributed by atoms with E-state index in [0.717, 1.165) is 11.3 Å². The molecule has 7 heteroatoms. The molecule has 0 unspecified atom stereocenters. The van der Waals surface area contributed by atoms with Crippen molar-refractivity contribution in [2.45, 2.75) is 0 Å². The predicted octanol–water partition coefficient (Wildman–Crippen LogP) is 6.23. The average Bonchev–Trinajstić information content (AvgIpc) is 3.09. The second kappa shape index (κ2) is 7.66. The highest BCUT2D eigenvalue weighted by Gasteiger charge is 2.09. The van der Waals surface area contributed by atoms with Gasteiger partial charge in [-0.15, -0.1) is 11.3 Å². The minimum Gasteiger partial charge on any atom is -0.360 e. The van der Waals surface area contributed by atoms with E-state index in [2.05, 4.69) is 16.4 Å². The van der Waals surface area contributed by atoms with Crippen molar-refractivity contribution < 1.29 is 4.39 Å². The fourth-order valence-electron chi connectivity index (χ4n) is 2.03. The van der Waals surface area contributed by atoms with Gasteiger partial charge in [0.25, 0.3) is 0 Å². The van der Waals surface area contributed by atoms with Crippen molar-refractivity contribution in [3.05, 3.63) is 74.9 Å². The summed E-state index contributed by atoms with van der Waals surface area (Å²) in [5.74, 6) is -0.496. The molecule has 1 aromatic heterocycles. The van der Waals surface area contributed by atoms with E-state index in [1.807, 2.05) is 17.5 Å². The number of nitriles is 1. The molecule has 3 rings (SSSR count). The Hall–Kier alpha value is -2.39. The van der Waals surface area contributed by atoms with Crippen molar-refractivity contribution in [1.29, 1.82) is 5.26 Å². The molecule has 0 aliphatic carbocycles. The van der Waals surface area contributed by atoms with Gasteiger partial charge in [-0.25, -0.2) is 9.37 Å². The minimum atomic E-state index is -0.496. The lowest BCUT2D eigenvalue weighted by molar-refractivity contribution is 0.628. The number of nitrogens with zero attached hydrogens (tertiary/aromatic N) is 2. The summed E-state index contributed by atoms with van der Waals surface area (Å²) in [7, 11) is 0. The maximum Gasteiger partial charge on any atom is 0.141 e. The Labute approximate surface area is 158 Å². The third-order valence-electron chi connectivity index (χ3n) is 3.30. The average molecular weight is 390 g/mol. The van der Waals surface area contributed by atoms with Crippen molar-refractivity contribution in [3.63, 3.8) is 0 Å². The van der Waals surface area contributed by atoms with Crippen LogP contribution < -0.4 is 5.32 Å². The number of hydrogen-bond acceptors (Lipinski definition) is 4. The van der Waals surface area contributed by atoms with Gasteiger partial charge in [0, 0.05) is 27.9 Å². The molecule has 1 N–H and O–H groups in total. The summed E-state index contributed by atoms with van der Waals surface area (Å²) in [5, 5.41) is 15.4.